The normalized spacial score (nSPS) is 11.5. The molecule has 0 radical (unpaired) electrons. The first kappa shape index (κ1) is 48.1. The number of para-hydroxylation sites is 4. The van der Waals surface area contributed by atoms with Crippen molar-refractivity contribution >= 4 is 32.8 Å². The van der Waals surface area contributed by atoms with Crippen LogP contribution >= 0.6 is 0 Å². The average molecular weight is 1160 g/mol. The van der Waals surface area contributed by atoms with Gasteiger partial charge in [-0.05, 0) is 109 Å². The maximum Gasteiger partial charge on any atom is 0.268 e. The summed E-state index contributed by atoms with van der Waals surface area (Å²) in [5.41, 5.74) is 17.7. The Kier molecular flexibility index (Phi) is 12.7. The Morgan fingerprint density at radius 2 is 0.987 bits per heavy atom. The van der Waals surface area contributed by atoms with Gasteiger partial charge in [0.05, 0.1) is 16.7 Å². The van der Waals surface area contributed by atoms with Crippen molar-refractivity contribution in [3.8, 4) is 84.3 Å². The monoisotopic (exact) mass is 1160 g/mol. The molecule has 6 heteroatoms. The fraction of sp³-hybridized carbons (Fsp3) is 0.0571. The molecule has 0 saturated heterocycles. The fourth-order valence-corrected chi connectivity index (χ4v) is 10.4. The number of nitrogens with zero attached hydrogens (tertiary/aromatic N) is 4. The molecule has 0 unspecified atom stereocenters. The molecule has 3 heterocycles. The van der Waals surface area contributed by atoms with Crippen LogP contribution in [-0.4, -0.2) is 14.1 Å². The van der Waals surface area contributed by atoms with Gasteiger partial charge >= 0.3 is 0 Å². The van der Waals surface area contributed by atoms with E-state index in [4.69, 9.17) is 9.72 Å². The van der Waals surface area contributed by atoms with Crippen LogP contribution < -0.4 is 9.30 Å². The topological polar surface area (TPSA) is 35.9 Å². The minimum atomic E-state index is -0.0628. The van der Waals surface area contributed by atoms with Crippen molar-refractivity contribution in [2.45, 2.75) is 26.2 Å². The number of benzene rings is 10. The Morgan fingerprint density at radius 3 is 1.61 bits per heavy atom. The second kappa shape index (κ2) is 20.1. The van der Waals surface area contributed by atoms with Crippen molar-refractivity contribution < 1.29 is 30.4 Å². The number of hydrogen-bond donors (Lipinski definition) is 0. The van der Waals surface area contributed by atoms with Crippen LogP contribution in [0.15, 0.2) is 249 Å². The summed E-state index contributed by atoms with van der Waals surface area (Å²) in [6.07, 6.45) is 5.80. The molecule has 0 N–H and O–H groups in total. The number of fused-ring (bicyclic) bond motifs is 4. The molecule has 0 aliphatic rings. The van der Waals surface area contributed by atoms with Crippen LogP contribution in [0.25, 0.3) is 106 Å². The Hall–Kier alpha value is -8.89. The van der Waals surface area contributed by atoms with Crippen LogP contribution in [0.1, 0.15) is 26.3 Å². The Bertz CT molecular complexity index is 4120. The molecular weight excluding hydrogens is 1110 g/mol. The number of imidazole rings is 1. The molecule has 3 aromatic heterocycles. The molecule has 368 valence electrons. The third-order valence-corrected chi connectivity index (χ3v) is 14.2. The summed E-state index contributed by atoms with van der Waals surface area (Å²) in [5.74, 6) is 1.92. The molecule has 0 aliphatic carbocycles. The molecule has 5 nitrogen and oxygen atoms in total. The van der Waals surface area contributed by atoms with E-state index in [2.05, 4.69) is 290 Å². The average Bonchev–Trinajstić information content (AvgIpc) is 4.02. The number of hydrogen-bond acceptors (Lipinski definition) is 2. The molecular formula is C70H50N4OPt-2. The van der Waals surface area contributed by atoms with Crippen LogP contribution in [0.3, 0.4) is 0 Å². The van der Waals surface area contributed by atoms with E-state index in [1.807, 2.05) is 12.3 Å². The summed E-state index contributed by atoms with van der Waals surface area (Å²) in [6.45, 7) is 6.69. The summed E-state index contributed by atoms with van der Waals surface area (Å²) < 4.78 is 13.6. The quantitative estimate of drug-likeness (QED) is 0.101. The van der Waals surface area contributed by atoms with E-state index in [9.17, 15) is 0 Å². The van der Waals surface area contributed by atoms with Crippen LogP contribution in [0.4, 0.5) is 0 Å². The van der Waals surface area contributed by atoms with E-state index in [1.54, 1.807) is 0 Å². The largest absolute Gasteiger partial charge is 0.510 e. The minimum absolute atomic E-state index is 0. The van der Waals surface area contributed by atoms with Gasteiger partial charge in [0, 0.05) is 44.3 Å². The molecule has 0 spiro atoms. The third kappa shape index (κ3) is 9.03. The first-order valence-electron chi connectivity index (χ1n) is 25.4. The van der Waals surface area contributed by atoms with E-state index in [-0.39, 0.29) is 26.5 Å². The van der Waals surface area contributed by atoms with Gasteiger partial charge in [0.25, 0.3) is 6.33 Å². The third-order valence-electron chi connectivity index (χ3n) is 14.2. The summed E-state index contributed by atoms with van der Waals surface area (Å²) in [4.78, 5) is 4.94. The summed E-state index contributed by atoms with van der Waals surface area (Å²) >= 11 is 0. The van der Waals surface area contributed by atoms with Crippen LogP contribution in [0.5, 0.6) is 11.5 Å². The molecule has 0 bridgehead atoms. The standard InChI is InChI=1S/C70H50N4O.Pt/c1-70(2,3)56-37-38-71-68(44-56)74-64-32-17-16-29-62(64)63-36-35-58(46-67(63)74)75-59-43-55(54-40-52(48-21-8-4-9-22-48)39-53(41-54)49-23-10-5-11-24-49)42-57(45-59)72-47-73(66-34-19-18-33-65(66)72)69-60(50-25-12-6-13-26-50)30-20-31-61(69)51-27-14-7-15-28-51;/h4-44H,1-3H3;/q-2;. The van der Waals surface area contributed by atoms with Crippen molar-refractivity contribution in [3.05, 3.63) is 273 Å². The van der Waals surface area contributed by atoms with Gasteiger partial charge in [0.2, 0.25) is 0 Å². The van der Waals surface area contributed by atoms with Gasteiger partial charge in [-0.3, -0.25) is 4.57 Å². The predicted molar refractivity (Wildman–Crippen MR) is 306 cm³/mol. The number of aromatic nitrogens is 4. The van der Waals surface area contributed by atoms with E-state index >= 15 is 0 Å². The van der Waals surface area contributed by atoms with Gasteiger partial charge in [0.15, 0.2) is 0 Å². The second-order valence-electron chi connectivity index (χ2n) is 20.0. The first-order valence-corrected chi connectivity index (χ1v) is 25.4. The maximum absolute atomic E-state index is 7.08. The molecule has 0 saturated carbocycles. The van der Waals surface area contributed by atoms with Gasteiger partial charge in [-0.1, -0.05) is 208 Å². The molecule has 76 heavy (non-hydrogen) atoms. The molecule has 10 aromatic carbocycles. The van der Waals surface area contributed by atoms with Crippen LogP contribution in [0.2, 0.25) is 0 Å². The Morgan fingerprint density at radius 1 is 0.447 bits per heavy atom. The van der Waals surface area contributed by atoms with Crippen LogP contribution in [-0.2, 0) is 26.5 Å². The molecule has 0 fully saturated rings. The van der Waals surface area contributed by atoms with Gasteiger partial charge in [-0.25, -0.2) is 4.98 Å². The number of rotatable bonds is 10. The maximum atomic E-state index is 7.08. The van der Waals surface area contributed by atoms with Gasteiger partial charge in [-0.15, -0.1) is 35.2 Å². The summed E-state index contributed by atoms with van der Waals surface area (Å²) in [6, 6.07) is 93.0. The molecule has 0 atom stereocenters. The van der Waals surface area contributed by atoms with Crippen molar-refractivity contribution in [1.29, 1.82) is 0 Å². The Balaban J connectivity index is 0.00000582. The second-order valence-corrected chi connectivity index (χ2v) is 20.0. The predicted octanol–water partition coefficient (Wildman–Crippen LogP) is 17.2. The van der Waals surface area contributed by atoms with Gasteiger partial charge < -0.3 is 13.9 Å². The zero-order chi connectivity index (χ0) is 50.5. The Labute approximate surface area is 457 Å². The number of pyridine rings is 1. The molecule has 0 aliphatic heterocycles. The van der Waals surface area contributed by atoms with Crippen LogP contribution in [0, 0.1) is 18.5 Å². The van der Waals surface area contributed by atoms with Crippen molar-refractivity contribution in [1.82, 2.24) is 14.1 Å². The van der Waals surface area contributed by atoms with Gasteiger partial charge in [-0.2, -0.15) is 12.1 Å². The van der Waals surface area contributed by atoms with E-state index in [0.29, 0.717) is 11.5 Å². The molecule has 13 rings (SSSR count). The summed E-state index contributed by atoms with van der Waals surface area (Å²) in [5, 5.41) is 2.18. The smallest absolute Gasteiger partial charge is 0.268 e. The first-order chi connectivity index (χ1) is 36.8. The zero-order valence-electron chi connectivity index (χ0n) is 42.2. The number of ether oxygens (including phenoxy) is 1. The molecule has 13 aromatic rings. The van der Waals surface area contributed by atoms with Gasteiger partial charge in [0.1, 0.15) is 5.82 Å². The fourth-order valence-electron chi connectivity index (χ4n) is 10.4. The zero-order valence-corrected chi connectivity index (χ0v) is 44.5. The minimum Gasteiger partial charge on any atom is -0.510 e. The van der Waals surface area contributed by atoms with E-state index in [0.717, 1.165) is 106 Å². The van der Waals surface area contributed by atoms with Crippen molar-refractivity contribution in [2.24, 2.45) is 0 Å². The van der Waals surface area contributed by atoms with Crippen molar-refractivity contribution in [3.63, 3.8) is 0 Å². The molecule has 0 amide bonds. The SMILES string of the molecule is CC(C)(C)c1ccnc(-n2c3[c-]c(Oc4[c-]c(-n5[c-][n+](-c6c(-c7ccccc7)cccc6-c6ccccc6)c6ccccc65)cc(-c5cc(-c6ccccc6)cc(-c6ccccc6)c5)c4)ccc3c3ccccc32)c1.[Pt]. The summed E-state index contributed by atoms with van der Waals surface area (Å²) in [7, 11) is 0. The van der Waals surface area contributed by atoms with Crippen molar-refractivity contribution in [2.75, 3.05) is 0 Å². The van der Waals surface area contributed by atoms with E-state index in [1.165, 1.54) is 5.56 Å². The van der Waals surface area contributed by atoms with E-state index < -0.39 is 0 Å².